The Morgan fingerprint density at radius 3 is 2.82 bits per heavy atom. The van der Waals surface area contributed by atoms with Crippen LogP contribution < -0.4 is 5.32 Å². The van der Waals surface area contributed by atoms with E-state index in [1.807, 2.05) is 6.92 Å². The molecular weight excluding hydrogens is 214 g/mol. The molecule has 0 aliphatic carbocycles. The number of likely N-dealkylation sites (N-methyl/N-ethyl adjacent to an activating group) is 1. The average Bonchev–Trinajstić information content (AvgIpc) is 2.77. The summed E-state index contributed by atoms with van der Waals surface area (Å²) in [6.07, 6.45) is 2.44. The predicted octanol–water partition coefficient (Wildman–Crippen LogP) is 0.639. The van der Waals surface area contributed by atoms with E-state index in [1.165, 1.54) is 26.1 Å². The zero-order valence-electron chi connectivity index (χ0n) is 11.7. The van der Waals surface area contributed by atoms with Gasteiger partial charge >= 0.3 is 0 Å². The summed E-state index contributed by atoms with van der Waals surface area (Å²) in [6, 6.07) is 0.757. The van der Waals surface area contributed by atoms with Gasteiger partial charge in [0.1, 0.15) is 0 Å². The topological polar surface area (TPSA) is 27.7 Å². The highest BCUT2D eigenvalue weighted by Gasteiger charge is 2.22. The van der Waals surface area contributed by atoms with Gasteiger partial charge in [0.15, 0.2) is 0 Å². The molecule has 1 heterocycles. The van der Waals surface area contributed by atoms with Crippen LogP contribution in [0.3, 0.4) is 0 Å². The molecule has 0 bridgehead atoms. The normalized spacial score (nSPS) is 21.5. The number of hydrogen-bond donors (Lipinski definition) is 1. The van der Waals surface area contributed by atoms with E-state index in [9.17, 15) is 0 Å². The molecule has 1 aliphatic rings. The van der Waals surface area contributed by atoms with Crippen LogP contribution in [-0.2, 0) is 4.74 Å². The Morgan fingerprint density at radius 2 is 2.18 bits per heavy atom. The van der Waals surface area contributed by atoms with Crippen LogP contribution in [0.25, 0.3) is 0 Å². The third-order valence-corrected chi connectivity index (χ3v) is 3.43. The van der Waals surface area contributed by atoms with Crippen molar-refractivity contribution >= 4 is 0 Å². The van der Waals surface area contributed by atoms with Gasteiger partial charge in [0, 0.05) is 38.9 Å². The highest BCUT2D eigenvalue weighted by atomic mass is 16.5. The Labute approximate surface area is 106 Å². The van der Waals surface area contributed by atoms with Crippen molar-refractivity contribution in [1.82, 2.24) is 15.1 Å². The van der Waals surface area contributed by atoms with E-state index in [1.54, 1.807) is 0 Å². The van der Waals surface area contributed by atoms with Gasteiger partial charge in [-0.15, -0.1) is 0 Å². The quantitative estimate of drug-likeness (QED) is 0.602. The number of ether oxygens (including phenoxy) is 1. The minimum Gasteiger partial charge on any atom is -0.382 e. The summed E-state index contributed by atoms with van der Waals surface area (Å²) in [5, 5.41) is 3.48. The summed E-state index contributed by atoms with van der Waals surface area (Å²) in [7, 11) is 4.36. The van der Waals surface area contributed by atoms with Gasteiger partial charge in [-0.25, -0.2) is 0 Å². The molecule has 17 heavy (non-hydrogen) atoms. The van der Waals surface area contributed by atoms with Gasteiger partial charge in [-0.2, -0.15) is 0 Å². The molecule has 0 spiro atoms. The first-order valence-electron chi connectivity index (χ1n) is 6.91. The minimum absolute atomic E-state index is 0.757. The summed E-state index contributed by atoms with van der Waals surface area (Å²) in [5.41, 5.74) is 0. The first-order valence-corrected chi connectivity index (χ1v) is 6.91. The van der Waals surface area contributed by atoms with Gasteiger partial charge in [0.2, 0.25) is 0 Å². The van der Waals surface area contributed by atoms with Crippen molar-refractivity contribution < 1.29 is 4.74 Å². The van der Waals surface area contributed by atoms with E-state index in [0.717, 1.165) is 38.8 Å². The van der Waals surface area contributed by atoms with E-state index in [2.05, 4.69) is 29.2 Å². The first kappa shape index (κ1) is 14.9. The van der Waals surface area contributed by atoms with Crippen LogP contribution in [-0.4, -0.2) is 75.9 Å². The fourth-order valence-electron chi connectivity index (χ4n) is 2.24. The van der Waals surface area contributed by atoms with Crippen molar-refractivity contribution in [3.8, 4) is 0 Å². The number of nitrogens with zero attached hydrogens (tertiary/aromatic N) is 2. The van der Waals surface area contributed by atoms with Crippen molar-refractivity contribution in [2.75, 3.05) is 60.0 Å². The Bertz CT molecular complexity index is 188. The molecular formula is C13H29N3O. The lowest BCUT2D eigenvalue weighted by molar-refractivity contribution is 0.144. The molecule has 0 aromatic rings. The van der Waals surface area contributed by atoms with Gasteiger partial charge < -0.3 is 19.9 Å². The highest BCUT2D eigenvalue weighted by molar-refractivity contribution is 4.80. The molecule has 0 aromatic heterocycles. The van der Waals surface area contributed by atoms with Crippen LogP contribution in [0, 0.1) is 0 Å². The summed E-state index contributed by atoms with van der Waals surface area (Å²) in [4.78, 5) is 4.90. The van der Waals surface area contributed by atoms with Gasteiger partial charge in [0.25, 0.3) is 0 Å². The Balaban J connectivity index is 1.90. The zero-order valence-corrected chi connectivity index (χ0v) is 11.7. The van der Waals surface area contributed by atoms with Gasteiger partial charge in [-0.1, -0.05) is 0 Å². The third-order valence-electron chi connectivity index (χ3n) is 3.43. The second kappa shape index (κ2) is 8.86. The van der Waals surface area contributed by atoms with Crippen LogP contribution >= 0.6 is 0 Å². The predicted molar refractivity (Wildman–Crippen MR) is 72.5 cm³/mol. The van der Waals surface area contributed by atoms with E-state index in [4.69, 9.17) is 4.74 Å². The van der Waals surface area contributed by atoms with Gasteiger partial charge in [-0.3, -0.25) is 0 Å². The minimum atomic E-state index is 0.757. The van der Waals surface area contributed by atoms with E-state index in [0.29, 0.717) is 0 Å². The number of rotatable bonds is 9. The van der Waals surface area contributed by atoms with Crippen LogP contribution in [0.15, 0.2) is 0 Å². The van der Waals surface area contributed by atoms with E-state index < -0.39 is 0 Å². The molecule has 0 amide bonds. The van der Waals surface area contributed by atoms with Gasteiger partial charge in [-0.05, 0) is 47.0 Å². The number of nitrogens with one attached hydrogen (secondary N) is 1. The first-order chi connectivity index (χ1) is 8.24. The molecule has 4 heteroatoms. The zero-order chi connectivity index (χ0) is 12.5. The monoisotopic (exact) mass is 243 g/mol. The summed E-state index contributed by atoms with van der Waals surface area (Å²) >= 11 is 0. The number of hydrogen-bond acceptors (Lipinski definition) is 4. The fraction of sp³-hybridized carbons (Fsp3) is 1.00. The molecule has 4 nitrogen and oxygen atoms in total. The van der Waals surface area contributed by atoms with Crippen LogP contribution in [0.4, 0.5) is 0 Å². The standard InChI is InChI=1S/C13H29N3O/c1-4-17-11-5-7-14-8-10-16-9-6-13(12-16)15(2)3/h13-14H,4-12H2,1-3H3. The average molecular weight is 243 g/mol. The van der Waals surface area contributed by atoms with Crippen molar-refractivity contribution in [1.29, 1.82) is 0 Å². The molecule has 102 valence electrons. The second-order valence-corrected chi connectivity index (χ2v) is 5.01. The maximum atomic E-state index is 5.30. The fourth-order valence-corrected chi connectivity index (χ4v) is 2.24. The second-order valence-electron chi connectivity index (χ2n) is 5.01. The van der Waals surface area contributed by atoms with E-state index >= 15 is 0 Å². The van der Waals surface area contributed by atoms with E-state index in [-0.39, 0.29) is 0 Å². The third kappa shape index (κ3) is 6.36. The van der Waals surface area contributed by atoms with Crippen molar-refractivity contribution in [2.45, 2.75) is 25.8 Å². The molecule has 1 rings (SSSR count). The molecule has 1 atom stereocenters. The SMILES string of the molecule is CCOCCCNCCN1CCC(N(C)C)C1. The van der Waals surface area contributed by atoms with Crippen LogP contribution in [0.1, 0.15) is 19.8 Å². The molecule has 0 saturated carbocycles. The molecule has 1 aliphatic heterocycles. The summed E-state index contributed by atoms with van der Waals surface area (Å²) in [5.74, 6) is 0. The highest BCUT2D eigenvalue weighted by Crippen LogP contribution is 2.11. The maximum absolute atomic E-state index is 5.30. The lowest BCUT2D eigenvalue weighted by Gasteiger charge is -2.20. The lowest BCUT2D eigenvalue weighted by atomic mass is 10.2. The maximum Gasteiger partial charge on any atom is 0.0477 e. The molecule has 1 unspecified atom stereocenters. The largest absolute Gasteiger partial charge is 0.382 e. The Hall–Kier alpha value is -0.160. The lowest BCUT2D eigenvalue weighted by Crippen LogP contribution is -2.35. The van der Waals surface area contributed by atoms with Gasteiger partial charge in [0.05, 0.1) is 0 Å². The smallest absolute Gasteiger partial charge is 0.0477 e. The van der Waals surface area contributed by atoms with Crippen LogP contribution in [0.2, 0.25) is 0 Å². The van der Waals surface area contributed by atoms with Crippen molar-refractivity contribution in [3.05, 3.63) is 0 Å². The molecule has 1 saturated heterocycles. The molecule has 0 radical (unpaired) electrons. The number of likely N-dealkylation sites (tertiary alicyclic amines) is 1. The molecule has 1 N–H and O–H groups in total. The molecule has 0 aromatic carbocycles. The molecule has 1 fully saturated rings. The van der Waals surface area contributed by atoms with Crippen LogP contribution in [0.5, 0.6) is 0 Å². The Morgan fingerprint density at radius 1 is 1.35 bits per heavy atom. The van der Waals surface area contributed by atoms with Crippen molar-refractivity contribution in [3.63, 3.8) is 0 Å². The Kier molecular flexibility index (Phi) is 7.77. The summed E-state index contributed by atoms with van der Waals surface area (Å²) < 4.78 is 5.30. The van der Waals surface area contributed by atoms with Crippen molar-refractivity contribution in [2.24, 2.45) is 0 Å². The summed E-state index contributed by atoms with van der Waals surface area (Å²) in [6.45, 7) is 9.60.